The number of ketones is 1. The molecule has 4 nitrogen and oxygen atoms in total. The molecule has 2 aromatic carbocycles. The van der Waals surface area contributed by atoms with Gasteiger partial charge in [0.1, 0.15) is 0 Å². The van der Waals surface area contributed by atoms with Gasteiger partial charge in [-0.15, -0.1) is 0 Å². The molecule has 26 heavy (non-hydrogen) atoms. The van der Waals surface area contributed by atoms with Crippen LogP contribution in [0.1, 0.15) is 26.3 Å². The Bertz CT molecular complexity index is 951. The summed E-state index contributed by atoms with van der Waals surface area (Å²) in [5.74, 6) is -0.311. The van der Waals surface area contributed by atoms with E-state index >= 15 is 0 Å². The highest BCUT2D eigenvalue weighted by Crippen LogP contribution is 2.15. The second-order valence-electron chi connectivity index (χ2n) is 5.52. The number of pyridine rings is 1. The molecule has 0 aliphatic rings. The van der Waals surface area contributed by atoms with Crippen molar-refractivity contribution in [2.24, 2.45) is 0 Å². The minimum atomic E-state index is -0.206. The summed E-state index contributed by atoms with van der Waals surface area (Å²) in [7, 11) is 0. The molecule has 0 aliphatic carbocycles. The number of carbonyl (C=O) groups excluding carboxylic acids is 2. The van der Waals surface area contributed by atoms with Gasteiger partial charge in [-0.25, -0.2) is 0 Å². The number of nitrogens with one attached hydrogen (secondary N) is 1. The monoisotopic (exact) mass is 406 g/mol. The Hall–Kier alpha value is -3.05. The molecule has 0 spiro atoms. The van der Waals surface area contributed by atoms with E-state index in [0.717, 1.165) is 10.0 Å². The lowest BCUT2D eigenvalue weighted by atomic mass is 10.1. The molecule has 128 valence electrons. The lowest BCUT2D eigenvalue weighted by Crippen LogP contribution is -2.11. The first kappa shape index (κ1) is 17.8. The number of amides is 1. The lowest BCUT2D eigenvalue weighted by molar-refractivity contribution is 0.102. The van der Waals surface area contributed by atoms with Gasteiger partial charge in [-0.3, -0.25) is 14.6 Å². The quantitative estimate of drug-likeness (QED) is 0.479. The maximum absolute atomic E-state index is 12.2. The van der Waals surface area contributed by atoms with Crippen LogP contribution in [-0.4, -0.2) is 16.7 Å². The highest BCUT2D eigenvalue weighted by atomic mass is 79.9. The topological polar surface area (TPSA) is 59.1 Å². The van der Waals surface area contributed by atoms with Crippen molar-refractivity contribution in [3.63, 3.8) is 0 Å². The molecule has 0 atom stereocenters. The minimum absolute atomic E-state index is 0.105. The first-order valence-corrected chi connectivity index (χ1v) is 8.70. The van der Waals surface area contributed by atoms with Gasteiger partial charge in [0, 0.05) is 33.7 Å². The molecule has 0 radical (unpaired) electrons. The van der Waals surface area contributed by atoms with Crippen LogP contribution in [0, 0.1) is 0 Å². The highest BCUT2D eigenvalue weighted by Gasteiger charge is 2.07. The van der Waals surface area contributed by atoms with Crippen molar-refractivity contribution < 1.29 is 9.59 Å². The zero-order chi connectivity index (χ0) is 18.4. The van der Waals surface area contributed by atoms with Crippen LogP contribution in [0.5, 0.6) is 0 Å². The molecule has 1 amide bonds. The van der Waals surface area contributed by atoms with Crippen molar-refractivity contribution in [1.29, 1.82) is 0 Å². The van der Waals surface area contributed by atoms with Crippen molar-refractivity contribution in [1.82, 2.24) is 4.98 Å². The van der Waals surface area contributed by atoms with Gasteiger partial charge in [-0.1, -0.05) is 28.1 Å². The predicted molar refractivity (Wildman–Crippen MR) is 106 cm³/mol. The molecule has 1 N–H and O–H groups in total. The summed E-state index contributed by atoms with van der Waals surface area (Å²) in [6, 6.07) is 17.6. The number of hydrogen-bond donors (Lipinski definition) is 1. The third-order valence-electron chi connectivity index (χ3n) is 3.65. The zero-order valence-corrected chi connectivity index (χ0v) is 15.3. The molecule has 1 aromatic heterocycles. The predicted octanol–water partition coefficient (Wildman–Crippen LogP) is 4.99. The Morgan fingerprint density at radius 2 is 1.65 bits per heavy atom. The molecule has 0 saturated heterocycles. The molecular formula is C21H15BrN2O2. The van der Waals surface area contributed by atoms with Gasteiger partial charge in [0.15, 0.2) is 5.78 Å². The Morgan fingerprint density at radius 3 is 2.35 bits per heavy atom. The van der Waals surface area contributed by atoms with Gasteiger partial charge in [-0.05, 0) is 66.2 Å². The van der Waals surface area contributed by atoms with Crippen LogP contribution in [0.15, 0.2) is 83.6 Å². The summed E-state index contributed by atoms with van der Waals surface area (Å²) in [5.41, 5.74) is 2.64. The first-order valence-electron chi connectivity index (χ1n) is 7.91. The van der Waals surface area contributed by atoms with Crippen LogP contribution in [0.25, 0.3) is 6.08 Å². The van der Waals surface area contributed by atoms with Crippen LogP contribution in [0.3, 0.4) is 0 Å². The van der Waals surface area contributed by atoms with Gasteiger partial charge >= 0.3 is 0 Å². The van der Waals surface area contributed by atoms with E-state index in [1.165, 1.54) is 6.08 Å². The largest absolute Gasteiger partial charge is 0.322 e. The smallest absolute Gasteiger partial charge is 0.255 e. The van der Waals surface area contributed by atoms with Crippen molar-refractivity contribution in [3.8, 4) is 0 Å². The summed E-state index contributed by atoms with van der Waals surface area (Å²) in [5, 5.41) is 2.81. The summed E-state index contributed by atoms with van der Waals surface area (Å²) in [4.78, 5) is 28.4. The number of hydrogen-bond acceptors (Lipinski definition) is 3. The number of carbonyl (C=O) groups is 2. The molecule has 3 rings (SSSR count). The van der Waals surface area contributed by atoms with E-state index in [0.29, 0.717) is 16.8 Å². The molecule has 0 aliphatic heterocycles. The third-order valence-corrected chi connectivity index (χ3v) is 4.14. The van der Waals surface area contributed by atoms with Crippen LogP contribution in [0.4, 0.5) is 5.69 Å². The fourth-order valence-electron chi connectivity index (χ4n) is 2.29. The zero-order valence-electron chi connectivity index (χ0n) is 13.7. The Balaban J connectivity index is 1.65. The van der Waals surface area contributed by atoms with Crippen LogP contribution in [0.2, 0.25) is 0 Å². The van der Waals surface area contributed by atoms with Gasteiger partial charge in [0.05, 0.1) is 0 Å². The fraction of sp³-hybridized carbons (Fsp3) is 0. The number of rotatable bonds is 5. The highest BCUT2D eigenvalue weighted by molar-refractivity contribution is 9.10. The van der Waals surface area contributed by atoms with E-state index < -0.39 is 0 Å². The van der Waals surface area contributed by atoms with Crippen molar-refractivity contribution >= 4 is 39.4 Å². The van der Waals surface area contributed by atoms with Crippen molar-refractivity contribution in [2.75, 3.05) is 5.32 Å². The average molecular weight is 407 g/mol. The van der Waals surface area contributed by atoms with Gasteiger partial charge in [-0.2, -0.15) is 0 Å². The van der Waals surface area contributed by atoms with Crippen LogP contribution < -0.4 is 5.32 Å². The van der Waals surface area contributed by atoms with E-state index in [9.17, 15) is 9.59 Å². The standard InChI is InChI=1S/C21H15BrN2O2/c22-18-3-1-2-17(14-18)21(26)24-19-7-5-16(6-8-19)20(25)9-4-15-10-12-23-13-11-15/h1-14H,(H,24,26). The van der Waals surface area contributed by atoms with Crippen molar-refractivity contribution in [3.05, 3.63) is 100 Å². The molecule has 0 saturated carbocycles. The van der Waals surface area contributed by atoms with Gasteiger partial charge < -0.3 is 5.32 Å². The van der Waals surface area contributed by atoms with Crippen LogP contribution in [-0.2, 0) is 0 Å². The first-order chi connectivity index (χ1) is 12.6. The fourth-order valence-corrected chi connectivity index (χ4v) is 2.69. The average Bonchev–Trinajstić information content (AvgIpc) is 2.67. The molecule has 0 fully saturated rings. The van der Waals surface area contributed by atoms with Crippen molar-refractivity contribution in [2.45, 2.75) is 0 Å². The van der Waals surface area contributed by atoms with E-state index in [1.54, 1.807) is 60.9 Å². The normalized spacial score (nSPS) is 10.7. The minimum Gasteiger partial charge on any atom is -0.322 e. The number of allylic oxidation sites excluding steroid dienone is 1. The number of anilines is 1. The summed E-state index contributed by atoms with van der Waals surface area (Å²) >= 11 is 3.35. The lowest BCUT2D eigenvalue weighted by Gasteiger charge is -2.06. The summed E-state index contributed by atoms with van der Waals surface area (Å²) in [6.07, 6.45) is 6.61. The molecular weight excluding hydrogens is 392 g/mol. The van der Waals surface area contributed by atoms with E-state index in [-0.39, 0.29) is 11.7 Å². The Kier molecular flexibility index (Phi) is 5.71. The molecule has 5 heteroatoms. The maximum Gasteiger partial charge on any atom is 0.255 e. The van der Waals surface area contributed by atoms with E-state index in [4.69, 9.17) is 0 Å². The number of benzene rings is 2. The number of nitrogens with zero attached hydrogens (tertiary/aromatic N) is 1. The van der Waals surface area contributed by atoms with E-state index in [1.807, 2.05) is 18.2 Å². The van der Waals surface area contributed by atoms with E-state index in [2.05, 4.69) is 26.2 Å². The maximum atomic E-state index is 12.2. The Labute approximate surface area is 159 Å². The summed E-state index contributed by atoms with van der Waals surface area (Å²) in [6.45, 7) is 0. The molecule has 1 heterocycles. The van der Waals surface area contributed by atoms with Gasteiger partial charge in [0.2, 0.25) is 0 Å². The Morgan fingerprint density at radius 1 is 0.923 bits per heavy atom. The second kappa shape index (κ2) is 8.36. The third kappa shape index (κ3) is 4.74. The number of aromatic nitrogens is 1. The summed E-state index contributed by atoms with van der Waals surface area (Å²) < 4.78 is 0.840. The second-order valence-corrected chi connectivity index (χ2v) is 6.44. The SMILES string of the molecule is O=C(C=Cc1ccncc1)c1ccc(NC(=O)c2cccc(Br)c2)cc1. The molecule has 3 aromatic rings. The molecule has 0 bridgehead atoms. The molecule has 0 unspecified atom stereocenters. The van der Waals surface area contributed by atoms with Crippen LogP contribution >= 0.6 is 15.9 Å². The number of halogens is 1. The van der Waals surface area contributed by atoms with Gasteiger partial charge in [0.25, 0.3) is 5.91 Å².